The molecule has 0 aliphatic carbocycles. The van der Waals surface area contributed by atoms with E-state index in [2.05, 4.69) is 30.2 Å². The van der Waals surface area contributed by atoms with E-state index in [1.54, 1.807) is 12.1 Å². The van der Waals surface area contributed by atoms with Crippen LogP contribution in [0.2, 0.25) is 0 Å². The number of benzene rings is 2. The zero-order chi connectivity index (χ0) is 17.5. The largest absolute Gasteiger partial charge is 0.481 e. The van der Waals surface area contributed by atoms with Crippen molar-refractivity contribution >= 4 is 5.91 Å². The first-order valence-corrected chi connectivity index (χ1v) is 8.76. The van der Waals surface area contributed by atoms with Gasteiger partial charge in [-0.1, -0.05) is 36.3 Å². The highest BCUT2D eigenvalue weighted by Gasteiger charge is 2.23. The smallest absolute Gasteiger partial charge is 0.253 e. The molecule has 0 bridgehead atoms. The van der Waals surface area contributed by atoms with Gasteiger partial charge in [-0.05, 0) is 55.0 Å². The van der Waals surface area contributed by atoms with E-state index in [-0.39, 0.29) is 12.5 Å². The van der Waals surface area contributed by atoms with Crippen LogP contribution in [0.15, 0.2) is 54.6 Å². The Hall–Kier alpha value is -2.73. The minimum Gasteiger partial charge on any atom is -0.481 e. The van der Waals surface area contributed by atoms with E-state index >= 15 is 0 Å². The van der Waals surface area contributed by atoms with Crippen LogP contribution in [0.25, 0.3) is 0 Å². The van der Waals surface area contributed by atoms with Gasteiger partial charge in [-0.2, -0.15) is 0 Å². The number of terminal acetylenes is 1. The molecule has 128 valence electrons. The summed E-state index contributed by atoms with van der Waals surface area (Å²) in [4.78, 5) is 14.6. The first-order chi connectivity index (χ1) is 12.3. The second-order valence-electron chi connectivity index (χ2n) is 6.44. The molecule has 1 heterocycles. The lowest BCUT2D eigenvalue weighted by atomic mass is 9.90. The molecule has 2 aromatic carbocycles. The molecule has 1 amide bonds. The average molecular weight is 333 g/mol. The van der Waals surface area contributed by atoms with E-state index in [4.69, 9.17) is 11.2 Å². The highest BCUT2D eigenvalue weighted by Crippen LogP contribution is 2.23. The van der Waals surface area contributed by atoms with E-state index in [0.29, 0.717) is 17.2 Å². The lowest BCUT2D eigenvalue weighted by Gasteiger charge is -2.32. The second kappa shape index (κ2) is 8.39. The van der Waals surface area contributed by atoms with Gasteiger partial charge >= 0.3 is 0 Å². The number of carbonyl (C=O) groups is 1. The zero-order valence-corrected chi connectivity index (χ0v) is 14.4. The van der Waals surface area contributed by atoms with Crippen LogP contribution in [0.5, 0.6) is 5.75 Å². The van der Waals surface area contributed by atoms with E-state index in [9.17, 15) is 4.79 Å². The first-order valence-electron chi connectivity index (χ1n) is 8.76. The molecule has 1 aliphatic rings. The molecule has 1 fully saturated rings. The summed E-state index contributed by atoms with van der Waals surface area (Å²) in [6, 6.07) is 17.8. The Morgan fingerprint density at radius 3 is 2.40 bits per heavy atom. The molecule has 3 rings (SSSR count). The minimum absolute atomic E-state index is 0.0988. The molecule has 0 aromatic heterocycles. The number of likely N-dealkylation sites (tertiary alicyclic amines) is 1. The van der Waals surface area contributed by atoms with Crippen LogP contribution in [-0.4, -0.2) is 30.5 Å². The Morgan fingerprint density at radius 1 is 1.08 bits per heavy atom. The Balaban J connectivity index is 1.52. The van der Waals surface area contributed by atoms with Crippen LogP contribution in [0, 0.1) is 18.3 Å². The molecule has 3 heteroatoms. The fourth-order valence-electron chi connectivity index (χ4n) is 3.29. The predicted molar refractivity (Wildman–Crippen MR) is 99.5 cm³/mol. The van der Waals surface area contributed by atoms with E-state index in [1.807, 2.05) is 23.1 Å². The maximum Gasteiger partial charge on any atom is 0.253 e. The van der Waals surface area contributed by atoms with Crippen LogP contribution in [0.1, 0.15) is 28.8 Å². The SMILES string of the molecule is C#CCOc1ccc(C(=O)N2CCC(Cc3ccccc3)CC2)cc1. The van der Waals surface area contributed by atoms with Gasteiger partial charge in [0.15, 0.2) is 0 Å². The summed E-state index contributed by atoms with van der Waals surface area (Å²) in [5, 5.41) is 0. The minimum atomic E-state index is 0.0988. The lowest BCUT2D eigenvalue weighted by Crippen LogP contribution is -2.38. The monoisotopic (exact) mass is 333 g/mol. The molecule has 3 nitrogen and oxygen atoms in total. The van der Waals surface area contributed by atoms with Gasteiger partial charge in [0, 0.05) is 18.7 Å². The molecule has 1 aliphatic heterocycles. The topological polar surface area (TPSA) is 29.5 Å². The molecule has 0 unspecified atom stereocenters. The Bertz CT molecular complexity index is 723. The van der Waals surface area contributed by atoms with Crippen molar-refractivity contribution in [3.63, 3.8) is 0 Å². The van der Waals surface area contributed by atoms with Crippen LogP contribution in [0.3, 0.4) is 0 Å². The predicted octanol–water partition coefficient (Wildman–Crippen LogP) is 3.79. The fraction of sp³-hybridized carbons (Fsp3) is 0.318. The van der Waals surface area contributed by atoms with E-state index < -0.39 is 0 Å². The number of rotatable bonds is 5. The lowest BCUT2D eigenvalue weighted by molar-refractivity contribution is 0.0690. The highest BCUT2D eigenvalue weighted by molar-refractivity contribution is 5.94. The number of piperidine rings is 1. The molecule has 25 heavy (non-hydrogen) atoms. The first kappa shape index (κ1) is 17.1. The number of hydrogen-bond donors (Lipinski definition) is 0. The summed E-state index contributed by atoms with van der Waals surface area (Å²) in [7, 11) is 0. The van der Waals surface area contributed by atoms with Gasteiger partial charge in [0.1, 0.15) is 12.4 Å². The molecular formula is C22H23NO2. The van der Waals surface area contributed by atoms with Gasteiger partial charge in [-0.3, -0.25) is 4.79 Å². The molecule has 0 atom stereocenters. The zero-order valence-electron chi connectivity index (χ0n) is 14.4. The van der Waals surface area contributed by atoms with Crippen LogP contribution in [0.4, 0.5) is 0 Å². The van der Waals surface area contributed by atoms with Gasteiger partial charge in [0.2, 0.25) is 0 Å². The summed E-state index contributed by atoms with van der Waals surface area (Å²) in [6.45, 7) is 1.89. The van der Waals surface area contributed by atoms with E-state index in [0.717, 1.165) is 32.4 Å². The maximum atomic E-state index is 12.6. The third kappa shape index (κ3) is 4.64. The van der Waals surface area contributed by atoms with Crippen molar-refractivity contribution < 1.29 is 9.53 Å². The van der Waals surface area contributed by atoms with Crippen molar-refractivity contribution in [3.8, 4) is 18.1 Å². The summed E-state index contributed by atoms with van der Waals surface area (Å²) >= 11 is 0. The van der Waals surface area contributed by atoms with Crippen LogP contribution >= 0.6 is 0 Å². The van der Waals surface area contributed by atoms with Crippen LogP contribution in [-0.2, 0) is 6.42 Å². The number of ether oxygens (including phenoxy) is 1. The van der Waals surface area contributed by atoms with Crippen molar-refractivity contribution in [1.29, 1.82) is 0 Å². The molecule has 0 spiro atoms. The number of carbonyl (C=O) groups excluding carboxylic acids is 1. The molecule has 0 saturated carbocycles. The number of hydrogen-bond acceptors (Lipinski definition) is 2. The summed E-state index contributed by atoms with van der Waals surface area (Å²) in [5.74, 6) is 3.88. The summed E-state index contributed by atoms with van der Waals surface area (Å²) < 4.78 is 5.35. The average Bonchev–Trinajstić information content (AvgIpc) is 2.68. The Kier molecular flexibility index (Phi) is 5.74. The normalized spacial score (nSPS) is 14.8. The van der Waals surface area contributed by atoms with Gasteiger partial charge in [-0.25, -0.2) is 0 Å². The molecule has 0 N–H and O–H groups in total. The molecular weight excluding hydrogens is 310 g/mol. The van der Waals surface area contributed by atoms with E-state index in [1.165, 1.54) is 5.56 Å². The highest BCUT2D eigenvalue weighted by atomic mass is 16.5. The summed E-state index contributed by atoms with van der Waals surface area (Å²) in [6.07, 6.45) is 8.40. The standard InChI is InChI=1S/C22H23NO2/c1-2-16-25-21-10-8-20(9-11-21)22(24)23-14-12-19(13-15-23)17-18-6-4-3-5-7-18/h1,3-11,19H,12-17H2. The van der Waals surface area contributed by atoms with Crippen LogP contribution < -0.4 is 4.74 Å². The van der Waals surface area contributed by atoms with Gasteiger partial charge in [0.05, 0.1) is 0 Å². The quantitative estimate of drug-likeness (QED) is 0.779. The Morgan fingerprint density at radius 2 is 1.76 bits per heavy atom. The van der Waals surface area contributed by atoms with Crippen molar-refractivity contribution in [2.24, 2.45) is 5.92 Å². The van der Waals surface area contributed by atoms with Crippen molar-refractivity contribution in [3.05, 3.63) is 65.7 Å². The number of amides is 1. The van der Waals surface area contributed by atoms with Gasteiger partial charge in [-0.15, -0.1) is 6.42 Å². The third-order valence-corrected chi connectivity index (χ3v) is 4.69. The second-order valence-corrected chi connectivity index (χ2v) is 6.44. The van der Waals surface area contributed by atoms with Crippen molar-refractivity contribution in [1.82, 2.24) is 4.90 Å². The maximum absolute atomic E-state index is 12.6. The summed E-state index contributed by atoms with van der Waals surface area (Å²) in [5.41, 5.74) is 2.09. The Labute approximate surface area is 149 Å². The third-order valence-electron chi connectivity index (χ3n) is 4.69. The fourth-order valence-corrected chi connectivity index (χ4v) is 3.29. The van der Waals surface area contributed by atoms with Gasteiger partial charge < -0.3 is 9.64 Å². The molecule has 0 radical (unpaired) electrons. The number of nitrogens with zero attached hydrogens (tertiary/aromatic N) is 1. The van der Waals surface area contributed by atoms with Crippen molar-refractivity contribution in [2.75, 3.05) is 19.7 Å². The van der Waals surface area contributed by atoms with Crippen molar-refractivity contribution in [2.45, 2.75) is 19.3 Å². The molecule has 2 aromatic rings. The molecule has 1 saturated heterocycles. The van der Waals surface area contributed by atoms with Gasteiger partial charge in [0.25, 0.3) is 5.91 Å².